The van der Waals surface area contributed by atoms with Crippen LogP contribution in [0.5, 0.6) is 5.75 Å². The van der Waals surface area contributed by atoms with E-state index in [4.69, 9.17) is 4.74 Å². The van der Waals surface area contributed by atoms with Crippen molar-refractivity contribution in [3.63, 3.8) is 0 Å². The lowest BCUT2D eigenvalue weighted by molar-refractivity contribution is 0.305. The highest BCUT2D eigenvalue weighted by Crippen LogP contribution is 2.21. The summed E-state index contributed by atoms with van der Waals surface area (Å²) in [5.41, 5.74) is 2.61. The zero-order valence-electron chi connectivity index (χ0n) is 13.2. The van der Waals surface area contributed by atoms with Crippen LogP contribution in [0.25, 0.3) is 5.69 Å². The minimum absolute atomic E-state index is 0.202. The van der Waals surface area contributed by atoms with Gasteiger partial charge in [-0.2, -0.15) is 0 Å². The lowest BCUT2D eigenvalue weighted by Gasteiger charge is -2.10. The standard InChI is InChI=1S/C19H16N2O3/c1-14-11-16(7-8-18(14)20-23)21-10-9-17(12-19(21)22)24-13-15-5-3-2-4-6-15/h2-12H,13H2,1H3. The maximum absolute atomic E-state index is 12.3. The summed E-state index contributed by atoms with van der Waals surface area (Å²) in [4.78, 5) is 23.0. The first kappa shape index (κ1) is 15.7. The van der Waals surface area contributed by atoms with Crippen LogP contribution in [-0.4, -0.2) is 4.57 Å². The number of ether oxygens (including phenoxy) is 1. The molecule has 24 heavy (non-hydrogen) atoms. The normalized spacial score (nSPS) is 10.4. The van der Waals surface area contributed by atoms with Gasteiger partial charge in [-0.05, 0) is 47.5 Å². The second kappa shape index (κ2) is 6.91. The highest BCUT2D eigenvalue weighted by molar-refractivity contribution is 5.51. The summed E-state index contributed by atoms with van der Waals surface area (Å²) in [5.74, 6) is 0.517. The largest absolute Gasteiger partial charge is 0.489 e. The second-order valence-corrected chi connectivity index (χ2v) is 5.41. The minimum Gasteiger partial charge on any atom is -0.489 e. The molecule has 5 heteroatoms. The Hall–Kier alpha value is -3.21. The second-order valence-electron chi connectivity index (χ2n) is 5.41. The third kappa shape index (κ3) is 3.41. The molecule has 0 unspecified atom stereocenters. The van der Waals surface area contributed by atoms with Crippen LogP contribution in [0.4, 0.5) is 5.69 Å². The summed E-state index contributed by atoms with van der Waals surface area (Å²) in [6.45, 7) is 2.19. The molecule has 0 aliphatic rings. The highest BCUT2D eigenvalue weighted by Gasteiger charge is 2.05. The van der Waals surface area contributed by atoms with Gasteiger partial charge in [0.2, 0.25) is 0 Å². The summed E-state index contributed by atoms with van der Waals surface area (Å²) in [5, 5.41) is 2.94. The van der Waals surface area contributed by atoms with Crippen LogP contribution in [0, 0.1) is 11.8 Å². The molecule has 3 rings (SSSR count). The first-order valence-corrected chi connectivity index (χ1v) is 7.51. The van der Waals surface area contributed by atoms with Gasteiger partial charge in [0, 0.05) is 18.0 Å². The van der Waals surface area contributed by atoms with Gasteiger partial charge >= 0.3 is 0 Å². The van der Waals surface area contributed by atoms with Crippen molar-refractivity contribution in [2.24, 2.45) is 5.18 Å². The Morgan fingerprint density at radius 2 is 1.83 bits per heavy atom. The van der Waals surface area contributed by atoms with E-state index in [1.54, 1.807) is 37.4 Å². The van der Waals surface area contributed by atoms with Crippen LogP contribution >= 0.6 is 0 Å². The molecule has 0 saturated carbocycles. The molecule has 0 aliphatic heterocycles. The van der Waals surface area contributed by atoms with Crippen molar-refractivity contribution in [3.05, 3.63) is 93.2 Å². The fourth-order valence-electron chi connectivity index (χ4n) is 2.40. The van der Waals surface area contributed by atoms with Gasteiger partial charge in [0.1, 0.15) is 18.0 Å². The summed E-state index contributed by atoms with van der Waals surface area (Å²) in [6, 6.07) is 18.0. The monoisotopic (exact) mass is 320 g/mol. The van der Waals surface area contributed by atoms with Crippen molar-refractivity contribution < 1.29 is 4.74 Å². The number of pyridine rings is 1. The number of nitrogens with zero attached hydrogens (tertiary/aromatic N) is 2. The Labute approximate surface area is 139 Å². The van der Waals surface area contributed by atoms with E-state index < -0.39 is 0 Å². The molecule has 3 aromatic rings. The molecule has 1 aromatic heterocycles. The van der Waals surface area contributed by atoms with Crippen LogP contribution in [0.1, 0.15) is 11.1 Å². The Morgan fingerprint density at radius 1 is 1.04 bits per heavy atom. The number of rotatable bonds is 5. The van der Waals surface area contributed by atoms with E-state index in [1.165, 1.54) is 10.6 Å². The van der Waals surface area contributed by atoms with Gasteiger partial charge in [0.15, 0.2) is 0 Å². The van der Waals surface area contributed by atoms with E-state index in [0.717, 1.165) is 11.1 Å². The zero-order valence-corrected chi connectivity index (χ0v) is 13.2. The average molecular weight is 320 g/mol. The summed E-state index contributed by atoms with van der Waals surface area (Å²) in [6.07, 6.45) is 1.66. The molecule has 0 bridgehead atoms. The number of aryl methyl sites for hydroxylation is 1. The lowest BCUT2D eigenvalue weighted by Crippen LogP contribution is -2.16. The maximum Gasteiger partial charge on any atom is 0.258 e. The van der Waals surface area contributed by atoms with Crippen molar-refractivity contribution in [2.45, 2.75) is 13.5 Å². The Kier molecular flexibility index (Phi) is 4.52. The first-order valence-electron chi connectivity index (χ1n) is 7.51. The molecule has 0 radical (unpaired) electrons. The van der Waals surface area contributed by atoms with Crippen LogP contribution in [-0.2, 0) is 6.61 Å². The summed E-state index contributed by atoms with van der Waals surface area (Å²) >= 11 is 0. The Morgan fingerprint density at radius 3 is 2.50 bits per heavy atom. The fourth-order valence-corrected chi connectivity index (χ4v) is 2.40. The Balaban J connectivity index is 1.81. The predicted octanol–water partition coefficient (Wildman–Crippen LogP) is 4.12. The van der Waals surface area contributed by atoms with E-state index in [9.17, 15) is 9.70 Å². The topological polar surface area (TPSA) is 60.7 Å². The van der Waals surface area contributed by atoms with Crippen molar-refractivity contribution in [3.8, 4) is 11.4 Å². The molecule has 0 fully saturated rings. The van der Waals surface area contributed by atoms with Gasteiger partial charge in [0.25, 0.3) is 5.56 Å². The van der Waals surface area contributed by atoms with Gasteiger partial charge in [0.05, 0.1) is 0 Å². The number of hydrogen-bond donors (Lipinski definition) is 0. The third-order valence-corrected chi connectivity index (χ3v) is 3.70. The average Bonchev–Trinajstić information content (AvgIpc) is 2.61. The lowest BCUT2D eigenvalue weighted by atomic mass is 10.2. The van der Waals surface area contributed by atoms with E-state index in [0.29, 0.717) is 23.7 Å². The molecule has 1 heterocycles. The molecule has 0 amide bonds. The van der Waals surface area contributed by atoms with Crippen molar-refractivity contribution in [2.75, 3.05) is 0 Å². The molecule has 2 aromatic carbocycles. The molecular formula is C19H16N2O3. The highest BCUT2D eigenvalue weighted by atomic mass is 16.5. The molecule has 0 saturated heterocycles. The van der Waals surface area contributed by atoms with Gasteiger partial charge in [-0.25, -0.2) is 0 Å². The minimum atomic E-state index is -0.202. The van der Waals surface area contributed by atoms with E-state index in [2.05, 4.69) is 5.18 Å². The van der Waals surface area contributed by atoms with Crippen LogP contribution in [0.2, 0.25) is 0 Å². The number of nitroso groups, excluding NO2 is 1. The fraction of sp³-hybridized carbons (Fsp3) is 0.105. The van der Waals surface area contributed by atoms with E-state index in [-0.39, 0.29) is 5.56 Å². The van der Waals surface area contributed by atoms with Crippen molar-refractivity contribution in [1.29, 1.82) is 0 Å². The van der Waals surface area contributed by atoms with Gasteiger partial charge in [-0.1, -0.05) is 30.3 Å². The van der Waals surface area contributed by atoms with Crippen LogP contribution < -0.4 is 10.3 Å². The van der Waals surface area contributed by atoms with Crippen molar-refractivity contribution >= 4 is 5.69 Å². The zero-order chi connectivity index (χ0) is 16.9. The number of hydrogen-bond acceptors (Lipinski definition) is 4. The Bertz CT molecular complexity index is 917. The molecule has 120 valence electrons. The molecule has 0 atom stereocenters. The predicted molar refractivity (Wildman–Crippen MR) is 93.0 cm³/mol. The third-order valence-electron chi connectivity index (χ3n) is 3.70. The smallest absolute Gasteiger partial charge is 0.258 e. The first-order chi connectivity index (χ1) is 11.7. The molecule has 0 aliphatic carbocycles. The number of benzene rings is 2. The van der Waals surface area contributed by atoms with Gasteiger partial charge < -0.3 is 4.74 Å². The molecule has 0 N–H and O–H groups in total. The quantitative estimate of drug-likeness (QED) is 0.664. The molecular weight excluding hydrogens is 304 g/mol. The van der Waals surface area contributed by atoms with Gasteiger partial charge in [-0.15, -0.1) is 4.91 Å². The SMILES string of the molecule is Cc1cc(-n2ccc(OCc3ccccc3)cc2=O)ccc1N=O. The summed E-state index contributed by atoms with van der Waals surface area (Å²) in [7, 11) is 0. The maximum atomic E-state index is 12.3. The summed E-state index contributed by atoms with van der Waals surface area (Å²) < 4.78 is 7.15. The van der Waals surface area contributed by atoms with Crippen LogP contribution in [0.3, 0.4) is 0 Å². The van der Waals surface area contributed by atoms with Crippen LogP contribution in [0.15, 0.2) is 76.8 Å². The van der Waals surface area contributed by atoms with Crippen molar-refractivity contribution in [1.82, 2.24) is 4.57 Å². The van der Waals surface area contributed by atoms with E-state index in [1.807, 2.05) is 30.3 Å². The molecule has 5 nitrogen and oxygen atoms in total. The number of aromatic nitrogens is 1. The van der Waals surface area contributed by atoms with Gasteiger partial charge in [-0.3, -0.25) is 9.36 Å². The van der Waals surface area contributed by atoms with E-state index >= 15 is 0 Å². The molecule has 0 spiro atoms.